The SMILES string of the molecule is Cc1ccc(C(=O)NC(C)c2nccs2)c(C#CCN)c1. The van der Waals surface area contributed by atoms with Crippen molar-refractivity contribution in [2.24, 2.45) is 5.73 Å². The maximum atomic E-state index is 12.4. The Morgan fingerprint density at radius 3 is 3.00 bits per heavy atom. The number of carbonyl (C=O) groups excluding carboxylic acids is 1. The summed E-state index contributed by atoms with van der Waals surface area (Å²) < 4.78 is 0. The fraction of sp³-hybridized carbons (Fsp3) is 0.250. The zero-order valence-corrected chi connectivity index (χ0v) is 12.8. The van der Waals surface area contributed by atoms with Gasteiger partial charge in [0, 0.05) is 17.1 Å². The molecular weight excluding hydrogens is 282 g/mol. The van der Waals surface area contributed by atoms with Crippen molar-refractivity contribution in [1.29, 1.82) is 0 Å². The van der Waals surface area contributed by atoms with E-state index in [4.69, 9.17) is 5.73 Å². The molecule has 0 aliphatic heterocycles. The molecule has 1 aromatic carbocycles. The number of amides is 1. The number of hydrogen-bond donors (Lipinski definition) is 2. The number of aryl methyl sites for hydroxylation is 1. The molecule has 3 N–H and O–H groups in total. The number of carbonyl (C=O) groups is 1. The van der Waals surface area contributed by atoms with Crippen molar-refractivity contribution < 1.29 is 4.79 Å². The highest BCUT2D eigenvalue weighted by molar-refractivity contribution is 7.09. The topological polar surface area (TPSA) is 68.0 Å². The quantitative estimate of drug-likeness (QED) is 0.854. The Morgan fingerprint density at radius 2 is 2.33 bits per heavy atom. The highest BCUT2D eigenvalue weighted by atomic mass is 32.1. The summed E-state index contributed by atoms with van der Waals surface area (Å²) in [4.78, 5) is 16.6. The Hall–Kier alpha value is -2.16. The van der Waals surface area contributed by atoms with Crippen LogP contribution >= 0.6 is 11.3 Å². The van der Waals surface area contributed by atoms with Crippen molar-refractivity contribution in [3.05, 3.63) is 51.5 Å². The fourth-order valence-electron chi connectivity index (χ4n) is 1.89. The van der Waals surface area contributed by atoms with Gasteiger partial charge in [-0.2, -0.15) is 0 Å². The van der Waals surface area contributed by atoms with Crippen LogP contribution in [0.1, 0.15) is 39.5 Å². The molecule has 1 amide bonds. The molecule has 21 heavy (non-hydrogen) atoms. The van der Waals surface area contributed by atoms with Crippen LogP contribution in [-0.2, 0) is 0 Å². The first-order valence-corrected chi connectivity index (χ1v) is 7.49. The molecule has 0 aliphatic rings. The summed E-state index contributed by atoms with van der Waals surface area (Å²) in [5, 5.41) is 5.72. The van der Waals surface area contributed by atoms with Gasteiger partial charge in [-0.1, -0.05) is 17.9 Å². The normalized spacial score (nSPS) is 11.4. The van der Waals surface area contributed by atoms with Gasteiger partial charge in [0.25, 0.3) is 5.91 Å². The van der Waals surface area contributed by atoms with Crippen LogP contribution in [0.3, 0.4) is 0 Å². The number of nitrogens with one attached hydrogen (secondary N) is 1. The summed E-state index contributed by atoms with van der Waals surface area (Å²) in [5.74, 6) is 5.60. The van der Waals surface area contributed by atoms with Crippen LogP contribution in [-0.4, -0.2) is 17.4 Å². The molecule has 0 bridgehead atoms. The maximum Gasteiger partial charge on any atom is 0.253 e. The molecule has 5 heteroatoms. The first-order valence-electron chi connectivity index (χ1n) is 6.61. The lowest BCUT2D eigenvalue weighted by Crippen LogP contribution is -2.27. The molecule has 0 radical (unpaired) electrons. The fourth-order valence-corrected chi connectivity index (χ4v) is 2.54. The van der Waals surface area contributed by atoms with E-state index >= 15 is 0 Å². The maximum absolute atomic E-state index is 12.4. The number of benzene rings is 1. The van der Waals surface area contributed by atoms with E-state index in [0.717, 1.165) is 10.6 Å². The van der Waals surface area contributed by atoms with Gasteiger partial charge in [-0.3, -0.25) is 4.79 Å². The minimum absolute atomic E-state index is 0.130. The Morgan fingerprint density at radius 1 is 1.52 bits per heavy atom. The second kappa shape index (κ2) is 7.02. The standard InChI is InChI=1S/C16H17N3OS/c1-11-5-6-14(13(10-11)4-3-7-17)15(20)19-12(2)16-18-8-9-21-16/h5-6,8-10,12H,7,17H2,1-2H3,(H,19,20). The Bertz CT molecular complexity index is 683. The summed E-state index contributed by atoms with van der Waals surface area (Å²) in [6.45, 7) is 4.15. The van der Waals surface area contributed by atoms with Gasteiger partial charge < -0.3 is 11.1 Å². The van der Waals surface area contributed by atoms with Gasteiger partial charge in [0.2, 0.25) is 0 Å². The third-order valence-corrected chi connectivity index (χ3v) is 3.87. The van der Waals surface area contributed by atoms with E-state index in [0.29, 0.717) is 11.1 Å². The molecule has 2 aromatic rings. The molecule has 1 unspecified atom stereocenters. The molecule has 1 atom stereocenters. The summed E-state index contributed by atoms with van der Waals surface area (Å²) >= 11 is 1.52. The zero-order chi connectivity index (χ0) is 15.2. The molecule has 2 rings (SSSR count). The number of hydrogen-bond acceptors (Lipinski definition) is 4. The Kier molecular flexibility index (Phi) is 5.09. The first-order chi connectivity index (χ1) is 10.1. The lowest BCUT2D eigenvalue weighted by atomic mass is 10.0. The molecule has 108 valence electrons. The van der Waals surface area contributed by atoms with E-state index in [2.05, 4.69) is 22.1 Å². The van der Waals surface area contributed by atoms with Crippen LogP contribution < -0.4 is 11.1 Å². The van der Waals surface area contributed by atoms with Crippen molar-refractivity contribution >= 4 is 17.2 Å². The van der Waals surface area contributed by atoms with Crippen molar-refractivity contribution in [1.82, 2.24) is 10.3 Å². The van der Waals surface area contributed by atoms with Gasteiger partial charge in [-0.25, -0.2) is 4.98 Å². The van der Waals surface area contributed by atoms with E-state index in [1.165, 1.54) is 11.3 Å². The van der Waals surface area contributed by atoms with Crippen LogP contribution in [0.4, 0.5) is 0 Å². The minimum atomic E-state index is -0.154. The van der Waals surface area contributed by atoms with E-state index < -0.39 is 0 Å². The van der Waals surface area contributed by atoms with Crippen LogP contribution in [0, 0.1) is 18.8 Å². The average Bonchev–Trinajstić information content (AvgIpc) is 2.99. The lowest BCUT2D eigenvalue weighted by Gasteiger charge is -2.12. The minimum Gasteiger partial charge on any atom is -0.343 e. The monoisotopic (exact) mass is 299 g/mol. The summed E-state index contributed by atoms with van der Waals surface area (Å²) in [6, 6.07) is 5.45. The highest BCUT2D eigenvalue weighted by Gasteiger charge is 2.15. The molecule has 0 saturated heterocycles. The summed E-state index contributed by atoms with van der Waals surface area (Å²) in [6.07, 6.45) is 1.73. The second-order valence-electron chi connectivity index (χ2n) is 4.62. The van der Waals surface area contributed by atoms with Gasteiger partial charge in [0.15, 0.2) is 0 Å². The molecular formula is C16H17N3OS. The van der Waals surface area contributed by atoms with E-state index in [9.17, 15) is 4.79 Å². The van der Waals surface area contributed by atoms with Crippen LogP contribution in [0.5, 0.6) is 0 Å². The van der Waals surface area contributed by atoms with Gasteiger partial charge in [-0.15, -0.1) is 11.3 Å². The molecule has 0 saturated carbocycles. The third-order valence-electron chi connectivity index (χ3n) is 2.91. The predicted octanol–water partition coefficient (Wildman–Crippen LogP) is 2.25. The number of nitrogens with zero attached hydrogens (tertiary/aromatic N) is 1. The number of aromatic nitrogens is 1. The number of rotatable bonds is 3. The average molecular weight is 299 g/mol. The largest absolute Gasteiger partial charge is 0.343 e. The molecule has 1 aromatic heterocycles. The molecule has 4 nitrogen and oxygen atoms in total. The number of nitrogens with two attached hydrogens (primary N) is 1. The predicted molar refractivity (Wildman–Crippen MR) is 85.1 cm³/mol. The first kappa shape index (κ1) is 15.2. The van der Waals surface area contributed by atoms with Gasteiger partial charge in [0.05, 0.1) is 18.2 Å². The van der Waals surface area contributed by atoms with Gasteiger partial charge in [-0.05, 0) is 31.5 Å². The van der Waals surface area contributed by atoms with E-state index in [1.807, 2.05) is 31.4 Å². The van der Waals surface area contributed by atoms with Gasteiger partial charge >= 0.3 is 0 Å². The molecule has 0 aliphatic carbocycles. The van der Waals surface area contributed by atoms with Crippen molar-refractivity contribution in [2.75, 3.05) is 6.54 Å². The molecule has 1 heterocycles. The Labute approximate surface area is 128 Å². The van der Waals surface area contributed by atoms with Crippen LogP contribution in [0.25, 0.3) is 0 Å². The third kappa shape index (κ3) is 3.91. The smallest absolute Gasteiger partial charge is 0.253 e. The highest BCUT2D eigenvalue weighted by Crippen LogP contribution is 2.17. The van der Waals surface area contributed by atoms with Crippen molar-refractivity contribution in [3.8, 4) is 11.8 Å². The zero-order valence-electron chi connectivity index (χ0n) is 12.0. The van der Waals surface area contributed by atoms with Crippen LogP contribution in [0.2, 0.25) is 0 Å². The van der Waals surface area contributed by atoms with E-state index in [-0.39, 0.29) is 18.5 Å². The van der Waals surface area contributed by atoms with E-state index in [1.54, 1.807) is 12.3 Å². The second-order valence-corrected chi connectivity index (χ2v) is 5.55. The molecule has 0 fully saturated rings. The van der Waals surface area contributed by atoms with Crippen molar-refractivity contribution in [2.45, 2.75) is 19.9 Å². The van der Waals surface area contributed by atoms with Gasteiger partial charge in [0.1, 0.15) is 5.01 Å². The lowest BCUT2D eigenvalue weighted by molar-refractivity contribution is 0.0939. The van der Waals surface area contributed by atoms with Crippen LogP contribution in [0.15, 0.2) is 29.8 Å². The van der Waals surface area contributed by atoms with Crippen molar-refractivity contribution in [3.63, 3.8) is 0 Å². The Balaban J connectivity index is 2.22. The summed E-state index contributed by atoms with van der Waals surface area (Å²) in [5.41, 5.74) is 7.72. The molecule has 0 spiro atoms. The number of thiazole rings is 1. The summed E-state index contributed by atoms with van der Waals surface area (Å²) in [7, 11) is 0.